The van der Waals surface area contributed by atoms with Crippen LogP contribution in [0.3, 0.4) is 0 Å². The lowest BCUT2D eigenvalue weighted by atomic mass is 10.1. The van der Waals surface area contributed by atoms with Crippen LogP contribution < -0.4 is 0 Å². The molecule has 17 heavy (non-hydrogen) atoms. The molecule has 1 aromatic carbocycles. The van der Waals surface area contributed by atoms with E-state index in [1.165, 1.54) is 37.7 Å². The summed E-state index contributed by atoms with van der Waals surface area (Å²) in [5.74, 6) is 0. The fourth-order valence-corrected chi connectivity index (χ4v) is 3.42. The van der Waals surface area contributed by atoms with Gasteiger partial charge in [0.2, 0.25) is 0 Å². The molecule has 2 rings (SSSR count). The van der Waals surface area contributed by atoms with Gasteiger partial charge in [0.05, 0.1) is 12.2 Å². The molecule has 1 aliphatic rings. The fraction of sp³-hybridized carbons (Fsp3) is 0.600. The number of hydrogen-bond acceptors (Lipinski definition) is 1. The second-order valence-electron chi connectivity index (χ2n) is 4.88. The van der Waals surface area contributed by atoms with Crippen LogP contribution in [0, 0.1) is 0 Å². The van der Waals surface area contributed by atoms with E-state index in [1.807, 2.05) is 0 Å². The molecule has 3 atom stereocenters. The van der Waals surface area contributed by atoms with Gasteiger partial charge in [0.15, 0.2) is 0 Å². The fourth-order valence-electron chi connectivity index (χ4n) is 2.45. The summed E-state index contributed by atoms with van der Waals surface area (Å²) >= 11 is 2.57. The van der Waals surface area contributed by atoms with Crippen molar-refractivity contribution in [3.63, 3.8) is 0 Å². The molecule has 0 bridgehead atoms. The molecule has 1 nitrogen and oxygen atoms in total. The number of alkyl halides is 1. The van der Waals surface area contributed by atoms with Crippen molar-refractivity contribution < 1.29 is 4.74 Å². The van der Waals surface area contributed by atoms with Gasteiger partial charge in [-0.25, -0.2) is 0 Å². The Morgan fingerprint density at radius 2 is 1.82 bits per heavy atom. The molecule has 0 heterocycles. The van der Waals surface area contributed by atoms with E-state index < -0.39 is 0 Å². The lowest BCUT2D eigenvalue weighted by Crippen LogP contribution is -2.24. The standard InChI is InChI=1S/C15H21IO/c1-12(13-8-4-2-5-9-13)17-15-11-7-3-6-10-14(15)16/h2,4-5,8-9,12,14-15H,3,6-7,10-11H2,1H3. The van der Waals surface area contributed by atoms with Gasteiger partial charge in [-0.2, -0.15) is 0 Å². The van der Waals surface area contributed by atoms with Gasteiger partial charge in [-0.1, -0.05) is 72.2 Å². The van der Waals surface area contributed by atoms with E-state index in [0.29, 0.717) is 10.0 Å². The monoisotopic (exact) mass is 344 g/mol. The van der Waals surface area contributed by atoms with Crippen LogP contribution in [0.25, 0.3) is 0 Å². The first kappa shape index (κ1) is 13.3. The summed E-state index contributed by atoms with van der Waals surface area (Å²) in [6, 6.07) is 10.5. The minimum Gasteiger partial charge on any atom is -0.370 e. The Morgan fingerprint density at radius 1 is 1.12 bits per heavy atom. The van der Waals surface area contributed by atoms with Gasteiger partial charge >= 0.3 is 0 Å². The Bertz CT molecular complexity index is 325. The summed E-state index contributed by atoms with van der Waals surface area (Å²) in [7, 11) is 0. The molecule has 0 N–H and O–H groups in total. The number of benzene rings is 1. The van der Waals surface area contributed by atoms with E-state index in [2.05, 4.69) is 59.8 Å². The van der Waals surface area contributed by atoms with E-state index in [0.717, 1.165) is 0 Å². The van der Waals surface area contributed by atoms with E-state index in [-0.39, 0.29) is 6.10 Å². The maximum Gasteiger partial charge on any atom is 0.0801 e. The van der Waals surface area contributed by atoms with Crippen molar-refractivity contribution in [3.8, 4) is 0 Å². The van der Waals surface area contributed by atoms with Gasteiger partial charge in [0.25, 0.3) is 0 Å². The molecule has 1 aliphatic carbocycles. The molecule has 94 valence electrons. The molecule has 1 aromatic rings. The van der Waals surface area contributed by atoms with Crippen molar-refractivity contribution in [2.75, 3.05) is 0 Å². The lowest BCUT2D eigenvalue weighted by molar-refractivity contribution is -0.00529. The van der Waals surface area contributed by atoms with Crippen LogP contribution in [0.15, 0.2) is 30.3 Å². The third-order valence-corrected chi connectivity index (χ3v) is 4.94. The maximum absolute atomic E-state index is 6.26. The zero-order chi connectivity index (χ0) is 12.1. The molecule has 1 fully saturated rings. The highest BCUT2D eigenvalue weighted by Gasteiger charge is 2.24. The highest BCUT2D eigenvalue weighted by molar-refractivity contribution is 14.1. The Morgan fingerprint density at radius 3 is 2.59 bits per heavy atom. The summed E-state index contributed by atoms with van der Waals surface area (Å²) in [5.41, 5.74) is 1.29. The van der Waals surface area contributed by atoms with Gasteiger partial charge in [0.1, 0.15) is 0 Å². The smallest absolute Gasteiger partial charge is 0.0801 e. The highest BCUT2D eigenvalue weighted by atomic mass is 127. The average molecular weight is 344 g/mol. The van der Waals surface area contributed by atoms with Gasteiger partial charge in [0, 0.05) is 3.92 Å². The normalized spacial score (nSPS) is 27.4. The Kier molecular flexibility index (Phi) is 5.29. The highest BCUT2D eigenvalue weighted by Crippen LogP contribution is 2.30. The summed E-state index contributed by atoms with van der Waals surface area (Å²) in [6.07, 6.45) is 7.26. The van der Waals surface area contributed by atoms with Crippen LogP contribution in [0.1, 0.15) is 50.7 Å². The lowest BCUT2D eigenvalue weighted by Gasteiger charge is -2.25. The van der Waals surface area contributed by atoms with Gasteiger partial charge in [-0.3, -0.25) is 0 Å². The van der Waals surface area contributed by atoms with E-state index >= 15 is 0 Å². The minimum atomic E-state index is 0.219. The Balaban J connectivity index is 1.95. The SMILES string of the molecule is CC(OC1CCCCCC1I)c1ccccc1. The van der Waals surface area contributed by atoms with Crippen molar-refractivity contribution in [3.05, 3.63) is 35.9 Å². The van der Waals surface area contributed by atoms with Crippen molar-refractivity contribution in [1.29, 1.82) is 0 Å². The molecular weight excluding hydrogens is 323 g/mol. The van der Waals surface area contributed by atoms with Crippen LogP contribution in [0.5, 0.6) is 0 Å². The van der Waals surface area contributed by atoms with E-state index in [1.54, 1.807) is 0 Å². The number of ether oxygens (including phenoxy) is 1. The van der Waals surface area contributed by atoms with Gasteiger partial charge < -0.3 is 4.74 Å². The van der Waals surface area contributed by atoms with Crippen LogP contribution in [-0.4, -0.2) is 10.0 Å². The second kappa shape index (κ2) is 6.74. The predicted octanol–water partition coefficient (Wildman–Crippen LogP) is 4.90. The molecule has 2 heteroatoms. The van der Waals surface area contributed by atoms with Crippen LogP contribution in [0.2, 0.25) is 0 Å². The number of hydrogen-bond donors (Lipinski definition) is 0. The molecular formula is C15H21IO. The van der Waals surface area contributed by atoms with Crippen molar-refractivity contribution in [2.45, 2.75) is 55.2 Å². The molecule has 0 saturated heterocycles. The summed E-state index contributed by atoms with van der Waals surface area (Å²) in [4.78, 5) is 0. The van der Waals surface area contributed by atoms with Gasteiger partial charge in [-0.05, 0) is 25.3 Å². The zero-order valence-corrected chi connectivity index (χ0v) is 12.6. The predicted molar refractivity (Wildman–Crippen MR) is 80.6 cm³/mol. The Labute approximate surface area is 118 Å². The molecule has 0 amide bonds. The topological polar surface area (TPSA) is 9.23 Å². The van der Waals surface area contributed by atoms with E-state index in [4.69, 9.17) is 4.74 Å². The molecule has 0 aliphatic heterocycles. The summed E-state index contributed by atoms with van der Waals surface area (Å²) < 4.78 is 6.94. The molecule has 1 saturated carbocycles. The first-order chi connectivity index (χ1) is 8.27. The van der Waals surface area contributed by atoms with Crippen molar-refractivity contribution in [1.82, 2.24) is 0 Å². The quantitative estimate of drug-likeness (QED) is 0.431. The number of rotatable bonds is 3. The second-order valence-corrected chi connectivity index (χ2v) is 6.48. The van der Waals surface area contributed by atoms with Crippen LogP contribution >= 0.6 is 22.6 Å². The first-order valence-electron chi connectivity index (χ1n) is 6.62. The number of halogens is 1. The zero-order valence-electron chi connectivity index (χ0n) is 10.4. The average Bonchev–Trinajstić information content (AvgIpc) is 2.56. The van der Waals surface area contributed by atoms with Crippen molar-refractivity contribution >= 4 is 22.6 Å². The van der Waals surface area contributed by atoms with E-state index in [9.17, 15) is 0 Å². The first-order valence-corrected chi connectivity index (χ1v) is 7.86. The largest absolute Gasteiger partial charge is 0.370 e. The third kappa shape index (κ3) is 3.95. The summed E-state index contributed by atoms with van der Waals surface area (Å²) in [5, 5.41) is 0. The molecule has 0 aromatic heterocycles. The summed E-state index contributed by atoms with van der Waals surface area (Å²) in [6.45, 7) is 2.17. The maximum atomic E-state index is 6.26. The van der Waals surface area contributed by atoms with Crippen LogP contribution in [-0.2, 0) is 4.74 Å². The van der Waals surface area contributed by atoms with Gasteiger partial charge in [-0.15, -0.1) is 0 Å². The van der Waals surface area contributed by atoms with Crippen LogP contribution in [0.4, 0.5) is 0 Å². The molecule has 0 spiro atoms. The van der Waals surface area contributed by atoms with Crippen molar-refractivity contribution in [2.24, 2.45) is 0 Å². The molecule has 0 radical (unpaired) electrons. The Hall–Kier alpha value is -0.0900. The minimum absolute atomic E-state index is 0.219. The molecule has 3 unspecified atom stereocenters. The third-order valence-electron chi connectivity index (χ3n) is 3.52.